The molecule has 2 heterocycles. The molecule has 2 aliphatic rings. The smallest absolute Gasteiger partial charge is 0.334 e. The van der Waals surface area contributed by atoms with E-state index in [-0.39, 0.29) is 30.9 Å². The molecule has 2 saturated heterocycles. The van der Waals surface area contributed by atoms with Gasteiger partial charge in [0.1, 0.15) is 12.2 Å². The van der Waals surface area contributed by atoms with Gasteiger partial charge < -0.3 is 15.1 Å². The molecule has 0 saturated carbocycles. The lowest BCUT2D eigenvalue weighted by atomic mass is 9.98. The Kier molecular flexibility index (Phi) is 7.70. The molecule has 2 fully saturated rings. The lowest BCUT2D eigenvalue weighted by molar-refractivity contribution is -0.186. The van der Waals surface area contributed by atoms with E-state index >= 15 is 0 Å². The lowest BCUT2D eigenvalue weighted by Crippen LogP contribution is -2.76. The Bertz CT molecular complexity index is 1250. The van der Waals surface area contributed by atoms with Gasteiger partial charge in [0.15, 0.2) is 0 Å². The van der Waals surface area contributed by atoms with Crippen LogP contribution in [0.15, 0.2) is 91.0 Å². The number of likely N-dealkylation sites (N-methyl/N-ethyl adjacent to an activating group) is 1. The monoisotopic (exact) mass is 511 g/mol. The summed E-state index contributed by atoms with van der Waals surface area (Å²) in [5.41, 5.74) is 3.09. The molecule has 1 N–H and O–H groups in total. The van der Waals surface area contributed by atoms with Crippen LogP contribution in [-0.4, -0.2) is 76.6 Å². The maximum Gasteiger partial charge on any atom is 0.334 e. The summed E-state index contributed by atoms with van der Waals surface area (Å²) in [5.74, 6) is -0.231. The van der Waals surface area contributed by atoms with Crippen LogP contribution in [0.1, 0.15) is 16.7 Å². The van der Waals surface area contributed by atoms with Crippen molar-refractivity contribution in [2.75, 3.05) is 26.7 Å². The first-order valence-electron chi connectivity index (χ1n) is 13.0. The molecule has 0 bridgehead atoms. The zero-order chi connectivity index (χ0) is 26.5. The predicted molar refractivity (Wildman–Crippen MR) is 144 cm³/mol. The maximum absolute atomic E-state index is 13.8. The molecule has 0 unspecified atom stereocenters. The van der Waals surface area contributed by atoms with E-state index in [0.29, 0.717) is 25.9 Å². The molecule has 4 amide bonds. The van der Waals surface area contributed by atoms with Gasteiger partial charge in [0.25, 0.3) is 0 Å². The van der Waals surface area contributed by atoms with Crippen molar-refractivity contribution in [3.8, 4) is 0 Å². The van der Waals surface area contributed by atoms with E-state index in [9.17, 15) is 14.4 Å². The third kappa shape index (κ3) is 5.55. The summed E-state index contributed by atoms with van der Waals surface area (Å²) in [6.45, 7) is 1.16. The first-order chi connectivity index (χ1) is 18.5. The second-order valence-electron chi connectivity index (χ2n) is 9.81. The molecule has 0 aromatic heterocycles. The molecule has 0 radical (unpaired) electrons. The second-order valence-corrected chi connectivity index (χ2v) is 9.81. The van der Waals surface area contributed by atoms with Crippen molar-refractivity contribution in [3.05, 3.63) is 108 Å². The molecule has 0 aliphatic carbocycles. The van der Waals surface area contributed by atoms with Crippen molar-refractivity contribution in [3.63, 3.8) is 0 Å². The Labute approximate surface area is 223 Å². The molecule has 2 atom stereocenters. The molecular weight excluding hydrogens is 478 g/mol. The number of hydrazine groups is 1. The van der Waals surface area contributed by atoms with Crippen LogP contribution in [0.3, 0.4) is 0 Å². The van der Waals surface area contributed by atoms with Crippen LogP contribution < -0.4 is 5.32 Å². The standard InChI is InChI=1S/C30H33N5O3/c1-32-22-28(36)34-26(19-24-13-7-3-8-14-24)29(37)33(18-17-23-11-5-2-6-12-23)21-27(34)35(32)30(38)31-20-25-15-9-4-10-16-25/h2-16,26-27H,17-22H2,1H3,(H,31,38)/t26-,27-/m1/s1. The minimum Gasteiger partial charge on any atom is -0.337 e. The Morgan fingerprint density at radius 2 is 1.42 bits per heavy atom. The highest BCUT2D eigenvalue weighted by molar-refractivity contribution is 5.91. The summed E-state index contributed by atoms with van der Waals surface area (Å²) < 4.78 is 0. The fourth-order valence-corrected chi connectivity index (χ4v) is 5.31. The number of nitrogens with one attached hydrogen (secondary N) is 1. The fraction of sp³-hybridized carbons (Fsp3) is 0.300. The van der Waals surface area contributed by atoms with Crippen molar-refractivity contribution < 1.29 is 14.4 Å². The molecule has 3 aromatic carbocycles. The van der Waals surface area contributed by atoms with Crippen LogP contribution in [0.4, 0.5) is 4.79 Å². The van der Waals surface area contributed by atoms with Gasteiger partial charge in [-0.05, 0) is 23.1 Å². The minimum absolute atomic E-state index is 0.0256. The maximum atomic E-state index is 13.8. The predicted octanol–water partition coefficient (Wildman–Crippen LogP) is 2.91. The van der Waals surface area contributed by atoms with Gasteiger partial charge in [-0.25, -0.2) is 14.8 Å². The quantitative estimate of drug-likeness (QED) is 0.529. The van der Waals surface area contributed by atoms with Gasteiger partial charge in [-0.3, -0.25) is 9.59 Å². The highest BCUT2D eigenvalue weighted by Crippen LogP contribution is 2.28. The van der Waals surface area contributed by atoms with Crippen LogP contribution in [-0.2, 0) is 29.0 Å². The molecule has 3 aromatic rings. The molecule has 0 spiro atoms. The minimum atomic E-state index is -0.683. The summed E-state index contributed by atoms with van der Waals surface area (Å²) in [6.07, 6.45) is 0.494. The SMILES string of the molecule is CN1CC(=O)N2[C@H](Cc3ccccc3)C(=O)N(CCc3ccccc3)C[C@H]2N1C(=O)NCc1ccccc1. The molecule has 5 rings (SSSR count). The van der Waals surface area contributed by atoms with Crippen LogP contribution >= 0.6 is 0 Å². The summed E-state index contributed by atoms with van der Waals surface area (Å²) >= 11 is 0. The van der Waals surface area contributed by atoms with Gasteiger partial charge in [0.05, 0.1) is 13.1 Å². The number of benzene rings is 3. The van der Waals surface area contributed by atoms with Gasteiger partial charge in [-0.15, -0.1) is 0 Å². The Morgan fingerprint density at radius 1 is 0.842 bits per heavy atom. The third-order valence-corrected chi connectivity index (χ3v) is 7.22. The van der Waals surface area contributed by atoms with Crippen molar-refractivity contribution in [1.82, 2.24) is 25.1 Å². The normalized spacial score (nSPS) is 19.9. The van der Waals surface area contributed by atoms with Crippen LogP contribution in [0, 0.1) is 0 Å². The first kappa shape index (κ1) is 25.5. The van der Waals surface area contributed by atoms with Crippen molar-refractivity contribution in [2.45, 2.75) is 31.6 Å². The summed E-state index contributed by atoms with van der Waals surface area (Å²) in [6, 6.07) is 28.5. The van der Waals surface area contributed by atoms with Gasteiger partial charge in [0.2, 0.25) is 11.8 Å². The van der Waals surface area contributed by atoms with E-state index < -0.39 is 12.2 Å². The molecular formula is C30H33N5O3. The number of rotatable bonds is 7. The van der Waals surface area contributed by atoms with E-state index in [1.165, 1.54) is 0 Å². The largest absolute Gasteiger partial charge is 0.337 e. The van der Waals surface area contributed by atoms with Crippen molar-refractivity contribution in [2.24, 2.45) is 0 Å². The molecule has 8 nitrogen and oxygen atoms in total. The number of carbonyl (C=O) groups is 3. The Balaban J connectivity index is 1.41. The van der Waals surface area contributed by atoms with E-state index in [1.807, 2.05) is 95.9 Å². The molecule has 38 heavy (non-hydrogen) atoms. The molecule has 2 aliphatic heterocycles. The number of amides is 4. The Hall–Kier alpha value is -4.17. The number of carbonyl (C=O) groups excluding carboxylic acids is 3. The average Bonchev–Trinajstić information content (AvgIpc) is 2.94. The number of hydrogen-bond donors (Lipinski definition) is 1. The van der Waals surface area contributed by atoms with Crippen LogP contribution in [0.2, 0.25) is 0 Å². The highest BCUT2D eigenvalue weighted by atomic mass is 16.2. The average molecular weight is 512 g/mol. The number of piperazine rings is 1. The number of hydrogen-bond acceptors (Lipinski definition) is 4. The number of nitrogens with zero attached hydrogens (tertiary/aromatic N) is 4. The van der Waals surface area contributed by atoms with Gasteiger partial charge in [-0.1, -0.05) is 91.0 Å². The molecule has 8 heteroatoms. The van der Waals surface area contributed by atoms with E-state index in [4.69, 9.17) is 0 Å². The lowest BCUT2D eigenvalue weighted by Gasteiger charge is -2.54. The van der Waals surface area contributed by atoms with E-state index in [1.54, 1.807) is 22.0 Å². The number of fused-ring (bicyclic) bond motifs is 1. The second kappa shape index (κ2) is 11.5. The zero-order valence-corrected chi connectivity index (χ0v) is 21.6. The first-order valence-corrected chi connectivity index (χ1v) is 13.0. The van der Waals surface area contributed by atoms with Crippen LogP contribution in [0.5, 0.6) is 0 Å². The highest BCUT2D eigenvalue weighted by Gasteiger charge is 2.50. The zero-order valence-electron chi connectivity index (χ0n) is 21.6. The topological polar surface area (TPSA) is 76.2 Å². The fourth-order valence-electron chi connectivity index (χ4n) is 5.31. The van der Waals surface area contributed by atoms with Gasteiger partial charge >= 0.3 is 6.03 Å². The summed E-state index contributed by atoms with van der Waals surface area (Å²) in [4.78, 5) is 44.1. The van der Waals surface area contributed by atoms with E-state index in [0.717, 1.165) is 16.7 Å². The van der Waals surface area contributed by atoms with Crippen molar-refractivity contribution in [1.29, 1.82) is 0 Å². The summed E-state index contributed by atoms with van der Waals surface area (Å²) in [7, 11) is 1.74. The Morgan fingerprint density at radius 3 is 2.05 bits per heavy atom. The van der Waals surface area contributed by atoms with Crippen molar-refractivity contribution >= 4 is 17.8 Å². The van der Waals surface area contributed by atoms with Crippen LogP contribution in [0.25, 0.3) is 0 Å². The van der Waals surface area contributed by atoms with Gasteiger partial charge in [0, 0.05) is 26.6 Å². The number of urea groups is 1. The van der Waals surface area contributed by atoms with E-state index in [2.05, 4.69) is 5.32 Å². The summed E-state index contributed by atoms with van der Waals surface area (Å²) in [5, 5.41) is 6.26. The molecule has 196 valence electrons. The van der Waals surface area contributed by atoms with Gasteiger partial charge in [-0.2, -0.15) is 0 Å². The third-order valence-electron chi connectivity index (χ3n) is 7.22.